The number of thioether (sulfide) groups is 1. The van der Waals surface area contributed by atoms with Crippen LogP contribution in [0.5, 0.6) is 5.75 Å². The van der Waals surface area contributed by atoms with E-state index >= 15 is 0 Å². The average Bonchev–Trinajstić information content (AvgIpc) is 3.40. The average molecular weight is 449 g/mol. The summed E-state index contributed by atoms with van der Waals surface area (Å²) in [6.45, 7) is 4.34. The lowest BCUT2D eigenvalue weighted by Gasteiger charge is -2.14. The first kappa shape index (κ1) is 21.7. The van der Waals surface area contributed by atoms with E-state index in [-0.39, 0.29) is 11.2 Å². The number of nitrogens with zero attached hydrogens (tertiary/aromatic N) is 3. The highest BCUT2D eigenvalue weighted by Gasteiger charge is 2.22. The zero-order valence-electron chi connectivity index (χ0n) is 18.1. The summed E-state index contributed by atoms with van der Waals surface area (Å²) in [5.74, 6) is 2.11. The lowest BCUT2D eigenvalue weighted by Crippen LogP contribution is -2.23. The summed E-state index contributed by atoms with van der Waals surface area (Å²) in [7, 11) is 1.61. The number of furan rings is 1. The molecule has 1 atom stereocenters. The second-order valence-electron chi connectivity index (χ2n) is 7.25. The molecule has 2 aromatic heterocycles. The standard InChI is InChI=1S/C24H24N4O3S/c1-16-21(13-14-31-16)22-26-27-24(28(22)15-18-7-5-4-6-8-18)32-17(2)23(29)25-19-9-11-20(30-3)12-10-19/h4-14,17H,15H2,1-3H3,(H,25,29). The summed E-state index contributed by atoms with van der Waals surface area (Å²) in [5.41, 5.74) is 2.71. The van der Waals surface area contributed by atoms with Crippen LogP contribution in [0.3, 0.4) is 0 Å². The third-order valence-electron chi connectivity index (χ3n) is 5.01. The Morgan fingerprint density at radius 2 is 1.88 bits per heavy atom. The smallest absolute Gasteiger partial charge is 0.237 e. The Morgan fingerprint density at radius 1 is 1.12 bits per heavy atom. The number of carbonyl (C=O) groups is 1. The number of aryl methyl sites for hydroxylation is 1. The number of anilines is 1. The molecule has 0 aliphatic carbocycles. The van der Waals surface area contributed by atoms with E-state index in [0.717, 1.165) is 22.6 Å². The highest BCUT2D eigenvalue weighted by atomic mass is 32.2. The number of ether oxygens (including phenoxy) is 1. The van der Waals surface area contributed by atoms with Crippen LogP contribution in [-0.4, -0.2) is 33.0 Å². The molecule has 2 heterocycles. The molecule has 0 fully saturated rings. The van der Waals surface area contributed by atoms with Gasteiger partial charge in [-0.2, -0.15) is 0 Å². The van der Waals surface area contributed by atoms with Crippen molar-refractivity contribution in [2.45, 2.75) is 30.8 Å². The van der Waals surface area contributed by atoms with Gasteiger partial charge < -0.3 is 14.5 Å². The van der Waals surface area contributed by atoms with E-state index in [0.29, 0.717) is 23.2 Å². The summed E-state index contributed by atoms with van der Waals surface area (Å²) >= 11 is 1.37. The van der Waals surface area contributed by atoms with Crippen molar-refractivity contribution in [3.8, 4) is 17.1 Å². The summed E-state index contributed by atoms with van der Waals surface area (Å²) in [6.07, 6.45) is 1.64. The Morgan fingerprint density at radius 3 is 2.53 bits per heavy atom. The molecule has 1 unspecified atom stereocenters. The fourth-order valence-electron chi connectivity index (χ4n) is 3.23. The Kier molecular flexibility index (Phi) is 6.61. The van der Waals surface area contributed by atoms with Crippen LogP contribution in [0.1, 0.15) is 18.2 Å². The zero-order valence-corrected chi connectivity index (χ0v) is 18.9. The lowest BCUT2D eigenvalue weighted by molar-refractivity contribution is -0.115. The van der Waals surface area contributed by atoms with Crippen LogP contribution in [-0.2, 0) is 11.3 Å². The van der Waals surface area contributed by atoms with Gasteiger partial charge >= 0.3 is 0 Å². The van der Waals surface area contributed by atoms with E-state index < -0.39 is 0 Å². The minimum atomic E-state index is -0.380. The topological polar surface area (TPSA) is 82.2 Å². The highest BCUT2D eigenvalue weighted by molar-refractivity contribution is 8.00. The summed E-state index contributed by atoms with van der Waals surface area (Å²) in [6, 6.07) is 19.2. The van der Waals surface area contributed by atoms with Gasteiger partial charge in [0.25, 0.3) is 0 Å². The van der Waals surface area contributed by atoms with Crippen molar-refractivity contribution in [2.75, 3.05) is 12.4 Å². The molecule has 0 saturated heterocycles. The van der Waals surface area contributed by atoms with Gasteiger partial charge in [-0.15, -0.1) is 10.2 Å². The van der Waals surface area contributed by atoms with Crippen molar-refractivity contribution < 1.29 is 13.9 Å². The molecule has 8 heteroatoms. The van der Waals surface area contributed by atoms with Crippen molar-refractivity contribution in [3.63, 3.8) is 0 Å². The number of carbonyl (C=O) groups excluding carboxylic acids is 1. The molecule has 0 saturated carbocycles. The summed E-state index contributed by atoms with van der Waals surface area (Å²) < 4.78 is 12.7. The quantitative estimate of drug-likeness (QED) is 0.381. The largest absolute Gasteiger partial charge is 0.497 e. The van der Waals surface area contributed by atoms with Crippen molar-refractivity contribution in [2.24, 2.45) is 0 Å². The van der Waals surface area contributed by atoms with E-state index in [2.05, 4.69) is 27.6 Å². The second kappa shape index (κ2) is 9.74. The normalized spacial score (nSPS) is 11.8. The molecule has 32 heavy (non-hydrogen) atoms. The Bertz CT molecular complexity index is 1190. The van der Waals surface area contributed by atoms with E-state index in [1.54, 1.807) is 13.4 Å². The minimum Gasteiger partial charge on any atom is -0.497 e. The van der Waals surface area contributed by atoms with Crippen molar-refractivity contribution in [1.29, 1.82) is 0 Å². The first-order valence-electron chi connectivity index (χ1n) is 10.2. The predicted octanol–water partition coefficient (Wildman–Crippen LogP) is 5.02. The van der Waals surface area contributed by atoms with Gasteiger partial charge in [0.15, 0.2) is 11.0 Å². The summed E-state index contributed by atoms with van der Waals surface area (Å²) in [5, 5.41) is 12.0. The molecule has 0 aliphatic heterocycles. The molecular formula is C24H24N4O3S. The van der Waals surface area contributed by atoms with Gasteiger partial charge in [0.2, 0.25) is 5.91 Å². The maximum atomic E-state index is 12.8. The van der Waals surface area contributed by atoms with E-state index in [4.69, 9.17) is 9.15 Å². The third kappa shape index (κ3) is 4.86. The molecule has 4 aromatic rings. The fraction of sp³-hybridized carbons (Fsp3) is 0.208. The van der Waals surface area contributed by atoms with E-state index in [1.807, 2.05) is 66.9 Å². The fourth-order valence-corrected chi connectivity index (χ4v) is 4.08. The molecule has 2 aromatic carbocycles. The molecule has 0 aliphatic rings. The van der Waals surface area contributed by atoms with Crippen LogP contribution < -0.4 is 10.1 Å². The summed E-state index contributed by atoms with van der Waals surface area (Å²) in [4.78, 5) is 12.8. The monoisotopic (exact) mass is 448 g/mol. The number of hydrogen-bond donors (Lipinski definition) is 1. The number of methoxy groups -OCH3 is 1. The SMILES string of the molecule is COc1ccc(NC(=O)C(C)Sc2nnc(-c3ccoc3C)n2Cc2ccccc2)cc1. The molecular weight excluding hydrogens is 424 g/mol. The Labute approximate surface area is 190 Å². The predicted molar refractivity (Wildman–Crippen MR) is 125 cm³/mol. The third-order valence-corrected chi connectivity index (χ3v) is 6.09. The van der Waals surface area contributed by atoms with Gasteiger partial charge in [0, 0.05) is 5.69 Å². The number of rotatable bonds is 8. The van der Waals surface area contributed by atoms with E-state index in [9.17, 15) is 4.79 Å². The van der Waals surface area contributed by atoms with Gasteiger partial charge in [-0.25, -0.2) is 0 Å². The maximum Gasteiger partial charge on any atom is 0.237 e. The van der Waals surface area contributed by atoms with Crippen molar-refractivity contribution in [3.05, 3.63) is 78.3 Å². The van der Waals surface area contributed by atoms with Crippen LogP contribution in [0.4, 0.5) is 5.69 Å². The number of amides is 1. The molecule has 164 valence electrons. The Hall–Kier alpha value is -3.52. The van der Waals surface area contributed by atoms with Crippen LogP contribution >= 0.6 is 11.8 Å². The molecule has 4 rings (SSSR count). The Balaban J connectivity index is 1.56. The maximum absolute atomic E-state index is 12.8. The van der Waals surface area contributed by atoms with Crippen LogP contribution in [0.2, 0.25) is 0 Å². The van der Waals surface area contributed by atoms with E-state index in [1.165, 1.54) is 11.8 Å². The number of benzene rings is 2. The lowest BCUT2D eigenvalue weighted by atomic mass is 10.2. The first-order valence-corrected chi connectivity index (χ1v) is 11.1. The molecule has 0 spiro atoms. The highest BCUT2D eigenvalue weighted by Crippen LogP contribution is 2.30. The van der Waals surface area contributed by atoms with Crippen molar-refractivity contribution >= 4 is 23.4 Å². The molecule has 1 N–H and O–H groups in total. The second-order valence-corrected chi connectivity index (χ2v) is 8.55. The van der Waals surface area contributed by atoms with Gasteiger partial charge in [0.1, 0.15) is 11.5 Å². The molecule has 0 bridgehead atoms. The van der Waals surface area contributed by atoms with Gasteiger partial charge in [-0.05, 0) is 49.7 Å². The van der Waals surface area contributed by atoms with Crippen LogP contribution in [0.25, 0.3) is 11.4 Å². The van der Waals surface area contributed by atoms with Gasteiger partial charge in [0.05, 0.1) is 30.7 Å². The minimum absolute atomic E-state index is 0.115. The van der Waals surface area contributed by atoms with Gasteiger partial charge in [-0.1, -0.05) is 42.1 Å². The molecule has 7 nitrogen and oxygen atoms in total. The molecule has 0 radical (unpaired) electrons. The van der Waals surface area contributed by atoms with Crippen LogP contribution in [0, 0.1) is 6.92 Å². The van der Waals surface area contributed by atoms with Crippen LogP contribution in [0.15, 0.2) is 76.5 Å². The first-order chi connectivity index (χ1) is 15.5. The van der Waals surface area contributed by atoms with Gasteiger partial charge in [-0.3, -0.25) is 9.36 Å². The molecule has 1 amide bonds. The number of hydrogen-bond acceptors (Lipinski definition) is 6. The zero-order chi connectivity index (χ0) is 22.5. The number of aromatic nitrogens is 3. The van der Waals surface area contributed by atoms with Crippen molar-refractivity contribution in [1.82, 2.24) is 14.8 Å². The number of nitrogens with one attached hydrogen (secondary N) is 1.